The molecule has 0 atom stereocenters. The van der Waals surface area contributed by atoms with Gasteiger partial charge in [0.05, 0.1) is 16.7 Å². The average molecular weight is 610 g/mol. The van der Waals surface area contributed by atoms with Crippen molar-refractivity contribution in [2.75, 3.05) is 20.0 Å². The molecule has 36 heavy (non-hydrogen) atoms. The monoisotopic (exact) mass is 608 g/mol. The van der Waals surface area contributed by atoms with Crippen molar-refractivity contribution >= 4 is 43.1 Å². The summed E-state index contributed by atoms with van der Waals surface area (Å²) < 4.78 is 61.4. The van der Waals surface area contributed by atoms with Gasteiger partial charge in [-0.3, -0.25) is 0 Å². The minimum absolute atomic E-state index is 0.00941. The topological polar surface area (TPSA) is 45.5 Å². The van der Waals surface area contributed by atoms with Crippen LogP contribution in [0.1, 0.15) is 37.1 Å². The van der Waals surface area contributed by atoms with E-state index in [9.17, 15) is 13.2 Å². The number of nitrogens with zero attached hydrogens (tertiary/aromatic N) is 2. The van der Waals surface area contributed by atoms with Gasteiger partial charge in [-0.05, 0) is 44.0 Å². The highest BCUT2D eigenvalue weighted by Crippen LogP contribution is 2.48. The Morgan fingerprint density at radius 3 is 2.17 bits per heavy atom. The summed E-state index contributed by atoms with van der Waals surface area (Å²) in [4.78, 5) is 4.54. The lowest BCUT2D eigenvalue weighted by Gasteiger charge is -2.44. The molecule has 0 spiro atoms. The zero-order valence-electron chi connectivity index (χ0n) is 22.5. The Bertz CT molecular complexity index is 1040. The van der Waals surface area contributed by atoms with Crippen molar-refractivity contribution in [2.45, 2.75) is 95.6 Å². The summed E-state index contributed by atoms with van der Waals surface area (Å²) in [6, 6.07) is 4.86. The van der Waals surface area contributed by atoms with E-state index in [1.165, 1.54) is 0 Å². The van der Waals surface area contributed by atoms with E-state index < -0.39 is 27.9 Å². The standard InChI is InChI=1S/C25H40BrF3N2O3Si2/c1-24(34-17-33-9-11-36(5,6)7)14-18(15-24)23-30-22-20(25(27,28)29)12-19(26)13-21(22)31(23)16-32-8-10-35(2,3)4/h12-13,18H,8-11,14-17H2,1-7H3. The third-order valence-electron chi connectivity index (χ3n) is 6.58. The lowest BCUT2D eigenvalue weighted by molar-refractivity contribution is -0.171. The van der Waals surface area contributed by atoms with Crippen LogP contribution < -0.4 is 0 Å². The van der Waals surface area contributed by atoms with Gasteiger partial charge in [-0.1, -0.05) is 55.2 Å². The van der Waals surface area contributed by atoms with Gasteiger partial charge in [0.25, 0.3) is 0 Å². The Morgan fingerprint density at radius 2 is 1.61 bits per heavy atom. The van der Waals surface area contributed by atoms with Gasteiger partial charge in [0.15, 0.2) is 0 Å². The van der Waals surface area contributed by atoms with Crippen LogP contribution in [0.3, 0.4) is 0 Å². The van der Waals surface area contributed by atoms with E-state index in [-0.39, 0.29) is 30.6 Å². The molecule has 11 heteroatoms. The molecule has 1 saturated carbocycles. The first kappa shape index (κ1) is 29.8. The molecule has 2 aromatic rings. The summed E-state index contributed by atoms with van der Waals surface area (Å²) >= 11 is 3.26. The second kappa shape index (κ2) is 11.2. The predicted octanol–water partition coefficient (Wildman–Crippen LogP) is 8.09. The SMILES string of the molecule is CC1(OCOCC[Si](C)(C)C)CC(c2nc3c(C(F)(F)F)cc(Br)cc3n2COCC[Si](C)(C)C)C1. The molecule has 0 N–H and O–H groups in total. The number of alkyl halides is 3. The molecule has 1 fully saturated rings. The summed E-state index contributed by atoms with van der Waals surface area (Å²) in [5.74, 6) is 0.618. The number of imidazole rings is 1. The third-order valence-corrected chi connectivity index (χ3v) is 10.4. The molecule has 0 bridgehead atoms. The van der Waals surface area contributed by atoms with Crippen LogP contribution in [0.4, 0.5) is 13.2 Å². The van der Waals surface area contributed by atoms with E-state index >= 15 is 0 Å². The quantitative estimate of drug-likeness (QED) is 0.139. The van der Waals surface area contributed by atoms with Crippen LogP contribution >= 0.6 is 15.9 Å². The molecule has 1 aliphatic carbocycles. The van der Waals surface area contributed by atoms with Crippen LogP contribution in [0.5, 0.6) is 0 Å². The molecule has 5 nitrogen and oxygen atoms in total. The highest BCUT2D eigenvalue weighted by molar-refractivity contribution is 9.10. The van der Waals surface area contributed by atoms with Crippen LogP contribution in [0, 0.1) is 0 Å². The molecular weight excluding hydrogens is 569 g/mol. The van der Waals surface area contributed by atoms with Crippen molar-refractivity contribution in [1.82, 2.24) is 9.55 Å². The smallest absolute Gasteiger partial charge is 0.361 e. The maximum atomic E-state index is 13.8. The van der Waals surface area contributed by atoms with E-state index in [1.807, 2.05) is 11.5 Å². The van der Waals surface area contributed by atoms with E-state index in [0.29, 0.717) is 41.9 Å². The van der Waals surface area contributed by atoms with Gasteiger partial charge in [-0.25, -0.2) is 4.98 Å². The van der Waals surface area contributed by atoms with E-state index in [4.69, 9.17) is 14.2 Å². The number of hydrogen-bond donors (Lipinski definition) is 0. The fourth-order valence-corrected chi connectivity index (χ4v) is 6.27. The van der Waals surface area contributed by atoms with Gasteiger partial charge in [-0.15, -0.1) is 0 Å². The third kappa shape index (κ3) is 8.13. The zero-order chi connectivity index (χ0) is 26.9. The van der Waals surface area contributed by atoms with Gasteiger partial charge in [0.1, 0.15) is 24.9 Å². The molecule has 1 aromatic heterocycles. The van der Waals surface area contributed by atoms with E-state index in [1.54, 1.807) is 6.07 Å². The van der Waals surface area contributed by atoms with Crippen molar-refractivity contribution in [2.24, 2.45) is 0 Å². The molecule has 0 amide bonds. The van der Waals surface area contributed by atoms with Crippen molar-refractivity contribution < 1.29 is 27.4 Å². The maximum absolute atomic E-state index is 13.8. The van der Waals surface area contributed by atoms with Crippen LogP contribution in [-0.4, -0.2) is 51.3 Å². The van der Waals surface area contributed by atoms with Gasteiger partial charge >= 0.3 is 6.18 Å². The number of halogens is 4. The second-order valence-electron chi connectivity index (χ2n) is 12.6. The lowest BCUT2D eigenvalue weighted by Crippen LogP contribution is -2.43. The Balaban J connectivity index is 1.77. The molecule has 3 rings (SSSR count). The number of aromatic nitrogens is 2. The van der Waals surface area contributed by atoms with Crippen molar-refractivity contribution in [1.29, 1.82) is 0 Å². The molecule has 1 aliphatic rings. The Kier molecular flexibility index (Phi) is 9.26. The van der Waals surface area contributed by atoms with E-state index in [0.717, 1.165) is 18.2 Å². The van der Waals surface area contributed by atoms with Crippen molar-refractivity contribution in [3.05, 3.63) is 28.0 Å². The summed E-state index contributed by atoms with van der Waals surface area (Å²) in [7, 11) is -2.44. The van der Waals surface area contributed by atoms with Gasteiger partial charge in [0, 0.05) is 39.8 Å². The molecule has 1 heterocycles. The molecule has 0 radical (unpaired) electrons. The largest absolute Gasteiger partial charge is 0.418 e. The number of fused-ring (bicyclic) bond motifs is 1. The number of hydrogen-bond acceptors (Lipinski definition) is 4. The molecule has 0 saturated heterocycles. The summed E-state index contributed by atoms with van der Waals surface area (Å²) in [5.41, 5.74) is -0.704. The molecule has 0 unspecified atom stereocenters. The van der Waals surface area contributed by atoms with Crippen molar-refractivity contribution in [3.8, 4) is 0 Å². The minimum Gasteiger partial charge on any atom is -0.361 e. The second-order valence-corrected chi connectivity index (χ2v) is 24.8. The van der Waals surface area contributed by atoms with Crippen LogP contribution in [0.25, 0.3) is 11.0 Å². The number of rotatable bonds is 12. The maximum Gasteiger partial charge on any atom is 0.418 e. The van der Waals surface area contributed by atoms with E-state index in [2.05, 4.69) is 60.2 Å². The van der Waals surface area contributed by atoms with Crippen LogP contribution in [-0.2, 0) is 27.1 Å². The van der Waals surface area contributed by atoms with Crippen LogP contribution in [0.15, 0.2) is 16.6 Å². The molecule has 0 aliphatic heterocycles. The molecular formula is C25H40BrF3N2O3Si2. The van der Waals surface area contributed by atoms with Crippen molar-refractivity contribution in [3.63, 3.8) is 0 Å². The minimum atomic E-state index is -4.50. The first-order valence-corrected chi connectivity index (χ1v) is 20.7. The normalized spacial score (nSPS) is 21.2. The summed E-state index contributed by atoms with van der Waals surface area (Å²) in [6.45, 7) is 17.4. The highest BCUT2D eigenvalue weighted by Gasteiger charge is 2.45. The lowest BCUT2D eigenvalue weighted by atomic mass is 9.71. The average Bonchev–Trinajstić information content (AvgIpc) is 3.03. The Morgan fingerprint density at radius 1 is 1.03 bits per heavy atom. The summed E-state index contributed by atoms with van der Waals surface area (Å²) in [6.07, 6.45) is -3.15. The fraction of sp³-hybridized carbons (Fsp3) is 0.720. The van der Waals surface area contributed by atoms with Gasteiger partial charge in [-0.2, -0.15) is 13.2 Å². The Hall–Kier alpha value is -0.726. The van der Waals surface area contributed by atoms with Gasteiger partial charge < -0.3 is 18.8 Å². The number of ether oxygens (including phenoxy) is 3. The van der Waals surface area contributed by atoms with Gasteiger partial charge in [0.2, 0.25) is 0 Å². The highest BCUT2D eigenvalue weighted by atomic mass is 79.9. The fourth-order valence-electron chi connectivity index (χ4n) is 4.31. The van der Waals surface area contributed by atoms with Crippen LogP contribution in [0.2, 0.25) is 51.4 Å². The molecule has 204 valence electrons. The molecule has 1 aromatic carbocycles. The first-order valence-electron chi connectivity index (χ1n) is 12.5. The predicted molar refractivity (Wildman–Crippen MR) is 147 cm³/mol. The number of benzene rings is 1. The summed E-state index contributed by atoms with van der Waals surface area (Å²) in [5, 5.41) is 0. The zero-order valence-corrected chi connectivity index (χ0v) is 26.1. The first-order chi connectivity index (χ1) is 16.5. The Labute approximate surface area is 223 Å².